The zero-order chi connectivity index (χ0) is 22.0. The first-order chi connectivity index (χ1) is 14.3. The van der Waals surface area contributed by atoms with Crippen LogP contribution in [0.2, 0.25) is 0 Å². The van der Waals surface area contributed by atoms with Gasteiger partial charge in [0.25, 0.3) is 0 Å². The molecule has 1 amide bonds. The summed E-state index contributed by atoms with van der Waals surface area (Å²) in [6, 6.07) is 15.2. The highest BCUT2D eigenvalue weighted by atomic mass is 127. The van der Waals surface area contributed by atoms with Crippen LogP contribution in [0.4, 0.5) is 0 Å². The van der Waals surface area contributed by atoms with Crippen LogP contribution in [0.15, 0.2) is 53.5 Å². The molecule has 0 saturated heterocycles. The number of benzene rings is 2. The summed E-state index contributed by atoms with van der Waals surface area (Å²) in [5.41, 5.74) is 0.765. The van der Waals surface area contributed by atoms with Gasteiger partial charge in [-0.25, -0.2) is 4.99 Å². The van der Waals surface area contributed by atoms with Crippen molar-refractivity contribution in [3.05, 3.63) is 54.1 Å². The molecule has 0 unspecified atom stereocenters. The second-order valence-corrected chi connectivity index (χ2v) is 7.74. The second kappa shape index (κ2) is 13.0. The Bertz CT molecular complexity index is 849. The number of halogens is 1. The summed E-state index contributed by atoms with van der Waals surface area (Å²) >= 11 is 0. The standard InChI is InChI=1S/C23H32N4O3.HI/c1-6-24-22(26-16-21(28)27-23(2,3)4)25-15-17-11-13-18(14-12-17)30-20-10-8-7-9-19(20)29-5;/h7-14H,6,15-16H2,1-5H3,(H,27,28)(H2,24,25,26);1H. The Morgan fingerprint density at radius 3 is 2.23 bits per heavy atom. The van der Waals surface area contributed by atoms with Crippen molar-refractivity contribution in [1.29, 1.82) is 0 Å². The average molecular weight is 540 g/mol. The van der Waals surface area contributed by atoms with Crippen LogP contribution < -0.4 is 25.4 Å². The third-order valence-corrected chi connectivity index (χ3v) is 3.92. The molecule has 31 heavy (non-hydrogen) atoms. The minimum absolute atomic E-state index is 0. The zero-order valence-electron chi connectivity index (χ0n) is 18.8. The van der Waals surface area contributed by atoms with Crippen LogP contribution in [0.25, 0.3) is 0 Å². The first-order valence-electron chi connectivity index (χ1n) is 10.0. The molecular weight excluding hydrogens is 507 g/mol. The largest absolute Gasteiger partial charge is 0.493 e. The molecule has 8 heteroatoms. The lowest BCUT2D eigenvalue weighted by molar-refractivity contribution is -0.121. The number of para-hydroxylation sites is 2. The molecule has 2 rings (SSSR count). The molecule has 0 bridgehead atoms. The van der Waals surface area contributed by atoms with Gasteiger partial charge in [-0.05, 0) is 57.5 Å². The van der Waals surface area contributed by atoms with E-state index in [2.05, 4.69) is 20.9 Å². The molecule has 0 spiro atoms. The summed E-state index contributed by atoms with van der Waals surface area (Å²) in [4.78, 5) is 16.5. The molecule has 7 nitrogen and oxygen atoms in total. The number of guanidine groups is 1. The highest BCUT2D eigenvalue weighted by Crippen LogP contribution is 2.30. The Balaban J connectivity index is 0.00000480. The SMILES string of the molecule is CCNC(=NCc1ccc(Oc2ccccc2OC)cc1)NCC(=O)NC(C)(C)C.I. The number of rotatable bonds is 8. The van der Waals surface area contributed by atoms with E-state index in [9.17, 15) is 4.79 Å². The molecule has 0 atom stereocenters. The predicted octanol–water partition coefficient (Wildman–Crippen LogP) is 4.08. The molecule has 3 N–H and O–H groups in total. The minimum atomic E-state index is -0.262. The van der Waals surface area contributed by atoms with Crippen LogP contribution in [0.5, 0.6) is 17.2 Å². The Morgan fingerprint density at radius 1 is 1.00 bits per heavy atom. The van der Waals surface area contributed by atoms with Crippen molar-refractivity contribution < 1.29 is 14.3 Å². The van der Waals surface area contributed by atoms with Gasteiger partial charge in [0, 0.05) is 12.1 Å². The van der Waals surface area contributed by atoms with Gasteiger partial charge in [-0.1, -0.05) is 24.3 Å². The van der Waals surface area contributed by atoms with Crippen LogP contribution in [-0.2, 0) is 11.3 Å². The molecule has 0 fully saturated rings. The maximum atomic E-state index is 12.0. The Kier molecular flexibility index (Phi) is 11.2. The lowest BCUT2D eigenvalue weighted by atomic mass is 10.1. The summed E-state index contributed by atoms with van der Waals surface area (Å²) < 4.78 is 11.2. The van der Waals surface area contributed by atoms with E-state index in [1.807, 2.05) is 76.2 Å². The van der Waals surface area contributed by atoms with Crippen LogP contribution in [0, 0.1) is 0 Å². The van der Waals surface area contributed by atoms with Crippen molar-refractivity contribution >= 4 is 35.8 Å². The fourth-order valence-electron chi connectivity index (χ4n) is 2.63. The summed E-state index contributed by atoms with van der Waals surface area (Å²) in [6.45, 7) is 9.18. The maximum absolute atomic E-state index is 12.0. The molecule has 0 aliphatic heterocycles. The van der Waals surface area contributed by atoms with E-state index in [-0.39, 0.29) is 42.0 Å². The van der Waals surface area contributed by atoms with Crippen molar-refractivity contribution in [3.8, 4) is 17.2 Å². The molecular formula is C23H33IN4O3. The molecule has 2 aromatic carbocycles. The van der Waals surface area contributed by atoms with Gasteiger partial charge >= 0.3 is 0 Å². The number of carbonyl (C=O) groups is 1. The number of aliphatic imine (C=N–C) groups is 1. The first kappa shape index (κ1) is 26.5. The summed E-state index contributed by atoms with van der Waals surface area (Å²) in [7, 11) is 1.62. The van der Waals surface area contributed by atoms with Crippen molar-refractivity contribution in [2.75, 3.05) is 20.2 Å². The van der Waals surface area contributed by atoms with E-state index in [0.717, 1.165) is 11.3 Å². The molecule has 0 aromatic heterocycles. The number of hydrogen-bond donors (Lipinski definition) is 3. The van der Waals surface area contributed by atoms with E-state index in [4.69, 9.17) is 9.47 Å². The molecule has 170 valence electrons. The second-order valence-electron chi connectivity index (χ2n) is 7.74. The number of hydrogen-bond acceptors (Lipinski definition) is 4. The normalized spacial score (nSPS) is 11.2. The Labute approximate surface area is 202 Å². The van der Waals surface area contributed by atoms with Gasteiger partial charge in [0.2, 0.25) is 5.91 Å². The third-order valence-electron chi connectivity index (χ3n) is 3.92. The van der Waals surface area contributed by atoms with Gasteiger partial charge in [-0.2, -0.15) is 0 Å². The van der Waals surface area contributed by atoms with Crippen molar-refractivity contribution in [2.45, 2.75) is 39.8 Å². The first-order valence-corrected chi connectivity index (χ1v) is 10.0. The number of methoxy groups -OCH3 is 1. The van der Waals surface area contributed by atoms with Gasteiger partial charge in [-0.15, -0.1) is 24.0 Å². The van der Waals surface area contributed by atoms with Crippen molar-refractivity contribution in [3.63, 3.8) is 0 Å². The van der Waals surface area contributed by atoms with E-state index < -0.39 is 0 Å². The number of nitrogens with zero attached hydrogens (tertiary/aromatic N) is 1. The lowest BCUT2D eigenvalue weighted by Gasteiger charge is -2.21. The van der Waals surface area contributed by atoms with Gasteiger partial charge in [0.15, 0.2) is 17.5 Å². The smallest absolute Gasteiger partial charge is 0.239 e. The number of amides is 1. The van der Waals surface area contributed by atoms with Crippen LogP contribution in [0.1, 0.15) is 33.3 Å². The number of carbonyl (C=O) groups excluding carboxylic acids is 1. The van der Waals surface area contributed by atoms with Gasteiger partial charge in [-0.3, -0.25) is 4.79 Å². The molecule has 0 aliphatic rings. The fraction of sp³-hybridized carbons (Fsp3) is 0.391. The molecule has 0 radical (unpaired) electrons. The highest BCUT2D eigenvalue weighted by molar-refractivity contribution is 14.0. The van der Waals surface area contributed by atoms with Crippen LogP contribution >= 0.6 is 24.0 Å². The Morgan fingerprint density at radius 2 is 1.65 bits per heavy atom. The van der Waals surface area contributed by atoms with E-state index in [0.29, 0.717) is 30.5 Å². The maximum Gasteiger partial charge on any atom is 0.239 e. The van der Waals surface area contributed by atoms with Crippen LogP contribution in [0.3, 0.4) is 0 Å². The van der Waals surface area contributed by atoms with E-state index in [1.54, 1.807) is 7.11 Å². The molecule has 2 aromatic rings. The minimum Gasteiger partial charge on any atom is -0.493 e. The summed E-state index contributed by atoms with van der Waals surface area (Å²) in [5, 5.41) is 9.12. The molecule has 0 aliphatic carbocycles. The molecule has 0 heterocycles. The zero-order valence-corrected chi connectivity index (χ0v) is 21.2. The van der Waals surface area contributed by atoms with E-state index in [1.165, 1.54) is 0 Å². The van der Waals surface area contributed by atoms with Gasteiger partial charge in [0.05, 0.1) is 20.2 Å². The van der Waals surface area contributed by atoms with E-state index >= 15 is 0 Å². The number of ether oxygens (including phenoxy) is 2. The van der Waals surface area contributed by atoms with Crippen LogP contribution in [-0.4, -0.2) is 37.6 Å². The Hall–Kier alpha value is -2.49. The fourth-order valence-corrected chi connectivity index (χ4v) is 2.63. The van der Waals surface area contributed by atoms with Gasteiger partial charge < -0.3 is 25.4 Å². The monoisotopic (exact) mass is 540 g/mol. The van der Waals surface area contributed by atoms with Crippen molar-refractivity contribution in [2.24, 2.45) is 4.99 Å². The summed E-state index contributed by atoms with van der Waals surface area (Å²) in [6.07, 6.45) is 0. The lowest BCUT2D eigenvalue weighted by Crippen LogP contribution is -2.48. The number of nitrogens with one attached hydrogen (secondary N) is 3. The topological polar surface area (TPSA) is 84.0 Å². The van der Waals surface area contributed by atoms with Crippen molar-refractivity contribution in [1.82, 2.24) is 16.0 Å². The molecule has 0 saturated carbocycles. The summed E-state index contributed by atoms with van der Waals surface area (Å²) in [5.74, 6) is 2.58. The van der Waals surface area contributed by atoms with Gasteiger partial charge in [0.1, 0.15) is 5.75 Å². The third kappa shape index (κ3) is 9.91. The quantitative estimate of drug-likeness (QED) is 0.267. The highest BCUT2D eigenvalue weighted by Gasteiger charge is 2.13. The predicted molar refractivity (Wildman–Crippen MR) is 136 cm³/mol. The average Bonchev–Trinajstić information content (AvgIpc) is 2.70.